The number of hydrogen-bond donors (Lipinski definition) is 0. The van der Waals surface area contributed by atoms with E-state index in [1.807, 2.05) is 11.3 Å². The van der Waals surface area contributed by atoms with E-state index in [-0.39, 0.29) is 0 Å². The molecule has 0 N–H and O–H groups in total. The Labute approximate surface area is 76.0 Å². The maximum Gasteiger partial charge on any atom is 0.0282 e. The highest BCUT2D eigenvalue weighted by Crippen LogP contribution is 2.34. The molecule has 2 heterocycles. The average Bonchev–Trinajstić information content (AvgIpc) is 2.30. The molecule has 2 rings (SSSR count). The molecule has 0 bridgehead atoms. The summed E-state index contributed by atoms with van der Waals surface area (Å²) in [7, 11) is 0. The van der Waals surface area contributed by atoms with Gasteiger partial charge >= 0.3 is 0 Å². The first-order valence-corrected chi connectivity index (χ1v) is 5.91. The molecule has 0 radical (unpaired) electrons. The summed E-state index contributed by atoms with van der Waals surface area (Å²) >= 11 is 4.07. The van der Waals surface area contributed by atoms with Crippen LogP contribution in [0.15, 0.2) is 0 Å². The molecule has 0 amide bonds. The van der Waals surface area contributed by atoms with Crippen molar-refractivity contribution in [2.24, 2.45) is 0 Å². The van der Waals surface area contributed by atoms with Crippen LogP contribution in [0.3, 0.4) is 0 Å². The van der Waals surface area contributed by atoms with Crippen molar-refractivity contribution >= 4 is 23.1 Å². The van der Waals surface area contributed by atoms with E-state index in [2.05, 4.69) is 25.6 Å². The summed E-state index contributed by atoms with van der Waals surface area (Å²) in [6, 6.07) is 0. The fourth-order valence-corrected chi connectivity index (χ4v) is 3.89. The predicted molar refractivity (Wildman–Crippen MR) is 53.7 cm³/mol. The third kappa shape index (κ3) is 1.23. The Morgan fingerprint density at radius 1 is 1.27 bits per heavy atom. The first-order valence-electron chi connectivity index (χ1n) is 3.94. The summed E-state index contributed by atoms with van der Waals surface area (Å²) in [5.41, 5.74) is 3.22. The number of hydrogen-bond acceptors (Lipinski definition) is 2. The third-order valence-corrected chi connectivity index (χ3v) is 4.74. The molecular formula is C9H12S2. The van der Waals surface area contributed by atoms with E-state index in [0.29, 0.717) is 0 Å². The maximum absolute atomic E-state index is 2.26. The van der Waals surface area contributed by atoms with Crippen LogP contribution in [-0.2, 0) is 12.2 Å². The second-order valence-electron chi connectivity index (χ2n) is 2.99. The van der Waals surface area contributed by atoms with E-state index in [9.17, 15) is 0 Å². The fraction of sp³-hybridized carbons (Fsp3) is 0.556. The lowest BCUT2D eigenvalue weighted by molar-refractivity contribution is 1.09. The standard InChI is InChI=1S/C9H12S2/c1-6-7(2)11-9-5-10-4-3-8(6)9/h3-5H2,1-2H3. The topological polar surface area (TPSA) is 0 Å². The quantitative estimate of drug-likeness (QED) is 0.597. The molecule has 1 aromatic heterocycles. The Hall–Kier alpha value is 0.0500. The van der Waals surface area contributed by atoms with Crippen molar-refractivity contribution in [2.45, 2.75) is 26.0 Å². The SMILES string of the molecule is Cc1sc2c(c1C)CCSC2. The van der Waals surface area contributed by atoms with Gasteiger partial charge in [-0.3, -0.25) is 0 Å². The number of thioether (sulfide) groups is 1. The molecule has 0 saturated heterocycles. The van der Waals surface area contributed by atoms with Crippen molar-refractivity contribution in [3.05, 3.63) is 20.9 Å². The van der Waals surface area contributed by atoms with E-state index < -0.39 is 0 Å². The zero-order valence-corrected chi connectivity index (χ0v) is 8.57. The Bertz CT molecular complexity index is 273. The molecule has 0 spiro atoms. The van der Waals surface area contributed by atoms with Crippen LogP contribution in [0.5, 0.6) is 0 Å². The van der Waals surface area contributed by atoms with Gasteiger partial charge in [0.2, 0.25) is 0 Å². The van der Waals surface area contributed by atoms with Crippen molar-refractivity contribution in [2.75, 3.05) is 5.75 Å². The Kier molecular flexibility index (Phi) is 1.98. The molecule has 0 aromatic carbocycles. The van der Waals surface area contributed by atoms with Crippen molar-refractivity contribution in [3.8, 4) is 0 Å². The molecule has 60 valence electrons. The monoisotopic (exact) mass is 184 g/mol. The van der Waals surface area contributed by atoms with Gasteiger partial charge in [0.1, 0.15) is 0 Å². The lowest BCUT2D eigenvalue weighted by Gasteiger charge is -2.10. The first-order chi connectivity index (χ1) is 5.29. The van der Waals surface area contributed by atoms with Gasteiger partial charge in [-0.25, -0.2) is 0 Å². The van der Waals surface area contributed by atoms with Crippen LogP contribution in [0.2, 0.25) is 0 Å². The van der Waals surface area contributed by atoms with E-state index in [0.717, 1.165) is 0 Å². The Morgan fingerprint density at radius 2 is 2.09 bits per heavy atom. The van der Waals surface area contributed by atoms with Crippen molar-refractivity contribution in [3.63, 3.8) is 0 Å². The second-order valence-corrected chi connectivity index (χ2v) is 5.40. The molecule has 1 aliphatic heterocycles. The van der Waals surface area contributed by atoms with E-state index in [1.54, 1.807) is 16.0 Å². The van der Waals surface area contributed by atoms with Gasteiger partial charge in [0, 0.05) is 15.5 Å². The molecule has 0 saturated carbocycles. The maximum atomic E-state index is 2.26. The number of rotatable bonds is 0. The largest absolute Gasteiger partial charge is 0.156 e. The van der Waals surface area contributed by atoms with Crippen LogP contribution < -0.4 is 0 Å². The van der Waals surface area contributed by atoms with E-state index >= 15 is 0 Å². The van der Waals surface area contributed by atoms with Crippen LogP contribution >= 0.6 is 23.1 Å². The molecule has 0 aliphatic carbocycles. The Morgan fingerprint density at radius 3 is 2.82 bits per heavy atom. The first kappa shape index (κ1) is 7.69. The summed E-state index contributed by atoms with van der Waals surface area (Å²) in [5.74, 6) is 2.58. The summed E-state index contributed by atoms with van der Waals surface area (Å²) < 4.78 is 0. The third-order valence-electron chi connectivity index (χ3n) is 2.32. The van der Waals surface area contributed by atoms with Gasteiger partial charge in [-0.15, -0.1) is 11.3 Å². The van der Waals surface area contributed by atoms with E-state index in [1.165, 1.54) is 22.8 Å². The summed E-state index contributed by atoms with van der Waals surface area (Å²) in [4.78, 5) is 3.16. The number of fused-ring (bicyclic) bond motifs is 1. The molecule has 1 aliphatic rings. The van der Waals surface area contributed by atoms with Gasteiger partial charge in [-0.05, 0) is 37.1 Å². The Balaban J connectivity index is 2.50. The predicted octanol–water partition coefficient (Wildman–Crippen LogP) is 3.15. The van der Waals surface area contributed by atoms with Gasteiger partial charge in [-0.1, -0.05) is 0 Å². The highest BCUT2D eigenvalue weighted by atomic mass is 32.2. The number of aryl methyl sites for hydroxylation is 1. The van der Waals surface area contributed by atoms with Crippen molar-refractivity contribution in [1.29, 1.82) is 0 Å². The lowest BCUT2D eigenvalue weighted by Crippen LogP contribution is -1.99. The van der Waals surface area contributed by atoms with Crippen LogP contribution in [0.4, 0.5) is 0 Å². The highest BCUT2D eigenvalue weighted by molar-refractivity contribution is 7.98. The van der Waals surface area contributed by atoms with Crippen LogP contribution in [0.25, 0.3) is 0 Å². The van der Waals surface area contributed by atoms with Gasteiger partial charge < -0.3 is 0 Å². The van der Waals surface area contributed by atoms with Gasteiger partial charge in [-0.2, -0.15) is 11.8 Å². The molecule has 0 nitrogen and oxygen atoms in total. The summed E-state index contributed by atoms with van der Waals surface area (Å²) in [6.45, 7) is 4.50. The van der Waals surface area contributed by atoms with Crippen molar-refractivity contribution in [1.82, 2.24) is 0 Å². The van der Waals surface area contributed by atoms with Crippen molar-refractivity contribution < 1.29 is 0 Å². The fourth-order valence-electron chi connectivity index (χ4n) is 1.53. The minimum absolute atomic E-state index is 1.26. The lowest BCUT2D eigenvalue weighted by atomic mass is 10.1. The van der Waals surface area contributed by atoms with Gasteiger partial charge in [0.25, 0.3) is 0 Å². The molecule has 11 heavy (non-hydrogen) atoms. The van der Waals surface area contributed by atoms with E-state index in [4.69, 9.17) is 0 Å². The molecule has 1 aromatic rings. The summed E-state index contributed by atoms with van der Waals surface area (Å²) in [5, 5.41) is 0. The average molecular weight is 184 g/mol. The van der Waals surface area contributed by atoms with Crippen LogP contribution in [0.1, 0.15) is 20.9 Å². The van der Waals surface area contributed by atoms with Gasteiger partial charge in [0.15, 0.2) is 0 Å². The molecule has 2 heteroatoms. The van der Waals surface area contributed by atoms with Crippen LogP contribution in [-0.4, -0.2) is 5.75 Å². The molecule has 0 atom stereocenters. The zero-order valence-electron chi connectivity index (χ0n) is 6.94. The normalized spacial score (nSPS) is 16.5. The zero-order chi connectivity index (χ0) is 7.84. The van der Waals surface area contributed by atoms with Crippen LogP contribution in [0, 0.1) is 13.8 Å². The van der Waals surface area contributed by atoms with Gasteiger partial charge in [0.05, 0.1) is 0 Å². The minimum Gasteiger partial charge on any atom is -0.156 e. The smallest absolute Gasteiger partial charge is 0.0282 e. The molecule has 0 fully saturated rings. The second kappa shape index (κ2) is 2.83. The molecular weight excluding hydrogens is 172 g/mol. The highest BCUT2D eigenvalue weighted by Gasteiger charge is 2.15. The molecule has 0 unspecified atom stereocenters. The number of thiophene rings is 1. The summed E-state index contributed by atoms with van der Waals surface area (Å²) in [6.07, 6.45) is 1.30. The minimum atomic E-state index is 1.26.